The smallest absolute Gasteiger partial charge is 0.273 e. The second-order valence-corrected chi connectivity index (χ2v) is 8.77. The van der Waals surface area contributed by atoms with Gasteiger partial charge in [-0.1, -0.05) is 48.0 Å². The van der Waals surface area contributed by atoms with Gasteiger partial charge >= 0.3 is 0 Å². The summed E-state index contributed by atoms with van der Waals surface area (Å²) >= 11 is 0. The van der Waals surface area contributed by atoms with Crippen LogP contribution in [0.15, 0.2) is 91.0 Å². The van der Waals surface area contributed by atoms with E-state index in [2.05, 4.69) is 37.9 Å². The van der Waals surface area contributed by atoms with E-state index in [1.807, 2.05) is 91.9 Å². The first-order chi connectivity index (χ1) is 17.9. The molecule has 8 nitrogen and oxygen atoms in total. The van der Waals surface area contributed by atoms with E-state index in [1.165, 1.54) is 5.56 Å². The van der Waals surface area contributed by atoms with E-state index in [9.17, 15) is 4.79 Å². The largest absolute Gasteiger partial charge is 0.340 e. The molecule has 8 heteroatoms. The Morgan fingerprint density at radius 3 is 2.14 bits per heavy atom. The fourth-order valence-corrected chi connectivity index (χ4v) is 3.86. The van der Waals surface area contributed by atoms with Crippen molar-refractivity contribution in [1.82, 2.24) is 19.7 Å². The molecule has 0 aliphatic rings. The number of aryl methyl sites for hydroxylation is 3. The summed E-state index contributed by atoms with van der Waals surface area (Å²) < 4.78 is 1.59. The number of aromatic nitrogens is 4. The maximum atomic E-state index is 12.9. The van der Waals surface area contributed by atoms with Crippen LogP contribution in [-0.4, -0.2) is 25.7 Å². The minimum absolute atomic E-state index is 0.230. The van der Waals surface area contributed by atoms with Gasteiger partial charge in [0.25, 0.3) is 5.91 Å². The molecule has 37 heavy (non-hydrogen) atoms. The molecular weight excluding hydrogens is 462 g/mol. The molecule has 0 unspecified atom stereocenters. The molecule has 0 spiro atoms. The molecule has 0 aliphatic carbocycles. The highest BCUT2D eigenvalue weighted by molar-refractivity contribution is 6.03. The van der Waals surface area contributed by atoms with Gasteiger partial charge < -0.3 is 16.0 Å². The lowest BCUT2D eigenvalue weighted by molar-refractivity contribution is 0.101. The van der Waals surface area contributed by atoms with Gasteiger partial charge in [0.05, 0.1) is 5.69 Å². The number of nitrogens with zero attached hydrogens (tertiary/aromatic N) is 4. The zero-order valence-corrected chi connectivity index (χ0v) is 20.9. The molecule has 0 atom stereocenters. The molecular formula is C29H27N7O. The predicted molar refractivity (Wildman–Crippen MR) is 148 cm³/mol. The Balaban J connectivity index is 1.25. The number of carbonyl (C=O) groups excluding carboxylic acids is 1. The molecule has 3 N–H and O–H groups in total. The molecule has 0 radical (unpaired) electrons. The number of anilines is 5. The minimum atomic E-state index is -0.230. The highest BCUT2D eigenvalue weighted by Gasteiger charge is 2.14. The summed E-state index contributed by atoms with van der Waals surface area (Å²) in [6.45, 7) is 3.98. The van der Waals surface area contributed by atoms with Gasteiger partial charge in [-0.15, -0.1) is 0 Å². The van der Waals surface area contributed by atoms with E-state index in [0.717, 1.165) is 28.3 Å². The Labute approximate surface area is 215 Å². The molecule has 2 heterocycles. The third-order valence-corrected chi connectivity index (χ3v) is 5.76. The van der Waals surface area contributed by atoms with Crippen molar-refractivity contribution in [3.05, 3.63) is 108 Å². The summed E-state index contributed by atoms with van der Waals surface area (Å²) in [7, 11) is 1.76. The van der Waals surface area contributed by atoms with Gasteiger partial charge in [-0.2, -0.15) is 10.1 Å². The number of hydrogen-bond acceptors (Lipinski definition) is 6. The second-order valence-electron chi connectivity index (χ2n) is 8.77. The van der Waals surface area contributed by atoms with Crippen molar-refractivity contribution in [3.63, 3.8) is 0 Å². The van der Waals surface area contributed by atoms with Crippen LogP contribution in [0.1, 0.15) is 21.7 Å². The first-order valence-corrected chi connectivity index (χ1v) is 11.9. The molecule has 184 valence electrons. The summed E-state index contributed by atoms with van der Waals surface area (Å²) in [5.74, 6) is 0.954. The van der Waals surface area contributed by atoms with Crippen molar-refractivity contribution in [2.45, 2.75) is 13.8 Å². The summed E-state index contributed by atoms with van der Waals surface area (Å²) in [5.41, 5.74) is 6.65. The molecule has 0 fully saturated rings. The van der Waals surface area contributed by atoms with Crippen molar-refractivity contribution in [2.75, 3.05) is 16.0 Å². The number of hydrogen-bond donors (Lipinski definition) is 3. The number of rotatable bonds is 7. The van der Waals surface area contributed by atoms with Crippen LogP contribution < -0.4 is 16.0 Å². The van der Waals surface area contributed by atoms with Gasteiger partial charge in [0.2, 0.25) is 5.95 Å². The van der Waals surface area contributed by atoms with Gasteiger partial charge in [-0.3, -0.25) is 9.48 Å². The third kappa shape index (κ3) is 5.82. The van der Waals surface area contributed by atoms with Gasteiger partial charge in [-0.05, 0) is 56.3 Å². The molecule has 5 aromatic rings. The zero-order chi connectivity index (χ0) is 25.8. The average molecular weight is 490 g/mol. The van der Waals surface area contributed by atoms with Crippen LogP contribution in [0, 0.1) is 13.8 Å². The van der Waals surface area contributed by atoms with Crippen molar-refractivity contribution in [3.8, 4) is 11.3 Å². The summed E-state index contributed by atoms with van der Waals surface area (Å²) in [5, 5.41) is 14.0. The fraction of sp³-hybridized carbons (Fsp3) is 0.103. The third-order valence-electron chi connectivity index (χ3n) is 5.76. The lowest BCUT2D eigenvalue weighted by atomic mass is 10.1. The Kier molecular flexibility index (Phi) is 6.63. The van der Waals surface area contributed by atoms with Gasteiger partial charge in [-0.25, -0.2) is 4.98 Å². The van der Waals surface area contributed by atoms with Crippen molar-refractivity contribution < 1.29 is 4.79 Å². The summed E-state index contributed by atoms with van der Waals surface area (Å²) in [4.78, 5) is 22.0. The molecule has 0 aliphatic heterocycles. The normalized spacial score (nSPS) is 10.7. The molecule has 3 aromatic carbocycles. The van der Waals surface area contributed by atoms with E-state index >= 15 is 0 Å². The van der Waals surface area contributed by atoms with Crippen LogP contribution in [0.2, 0.25) is 0 Å². The highest BCUT2D eigenvalue weighted by atomic mass is 16.2. The van der Waals surface area contributed by atoms with Crippen LogP contribution in [0.5, 0.6) is 0 Å². The second kappa shape index (κ2) is 10.3. The quantitative estimate of drug-likeness (QED) is 0.251. The van der Waals surface area contributed by atoms with Crippen molar-refractivity contribution in [2.24, 2.45) is 7.05 Å². The van der Waals surface area contributed by atoms with Crippen LogP contribution in [0.3, 0.4) is 0 Å². The molecule has 2 aromatic heterocycles. The maximum Gasteiger partial charge on any atom is 0.273 e. The first kappa shape index (κ1) is 23.7. The Morgan fingerprint density at radius 2 is 1.41 bits per heavy atom. The lowest BCUT2D eigenvalue weighted by Crippen LogP contribution is -2.16. The standard InChI is InChI=1S/C29H27N7O/c1-19-9-11-22(12-10-19)31-27-17-20(2)30-29(34-27)33-24-15-13-23(14-16-24)32-28(37)26-18-25(35-36(26)3)21-7-5-4-6-8-21/h4-18H,1-3H3,(H,32,37)(H2,30,31,33,34). The number of nitrogens with one attached hydrogen (secondary N) is 3. The SMILES string of the molecule is Cc1ccc(Nc2cc(C)nc(Nc3ccc(NC(=O)c4cc(-c5ccccc5)nn4C)cc3)n2)cc1. The van der Waals surface area contributed by atoms with E-state index in [-0.39, 0.29) is 5.91 Å². The molecule has 0 saturated carbocycles. The van der Waals surface area contributed by atoms with Crippen LogP contribution in [0.4, 0.5) is 28.8 Å². The molecule has 1 amide bonds. The number of amides is 1. The van der Waals surface area contributed by atoms with Gasteiger partial charge in [0, 0.05) is 41.4 Å². The van der Waals surface area contributed by atoms with E-state index < -0.39 is 0 Å². The monoisotopic (exact) mass is 489 g/mol. The molecule has 0 saturated heterocycles. The molecule has 5 rings (SSSR count). The topological polar surface area (TPSA) is 96.8 Å². The van der Waals surface area contributed by atoms with Crippen LogP contribution in [0.25, 0.3) is 11.3 Å². The van der Waals surface area contributed by atoms with E-state index in [1.54, 1.807) is 17.8 Å². The predicted octanol–water partition coefficient (Wildman–Crippen LogP) is 6.23. The van der Waals surface area contributed by atoms with Gasteiger partial charge in [0.15, 0.2) is 0 Å². The van der Waals surface area contributed by atoms with Crippen molar-refractivity contribution >= 4 is 34.7 Å². The van der Waals surface area contributed by atoms with Crippen LogP contribution >= 0.6 is 0 Å². The van der Waals surface area contributed by atoms with E-state index in [0.29, 0.717) is 23.1 Å². The Bertz CT molecular complexity index is 1530. The Hall–Kier alpha value is -4.98. The zero-order valence-electron chi connectivity index (χ0n) is 20.9. The average Bonchev–Trinajstić information content (AvgIpc) is 3.28. The van der Waals surface area contributed by atoms with E-state index in [4.69, 9.17) is 0 Å². The summed E-state index contributed by atoms with van der Waals surface area (Å²) in [6.07, 6.45) is 0. The Morgan fingerprint density at radius 1 is 0.757 bits per heavy atom. The van der Waals surface area contributed by atoms with Crippen molar-refractivity contribution in [1.29, 1.82) is 0 Å². The summed E-state index contributed by atoms with van der Waals surface area (Å²) in [6, 6.07) is 29.0. The molecule has 0 bridgehead atoms. The number of carbonyl (C=O) groups is 1. The number of benzene rings is 3. The van der Waals surface area contributed by atoms with Crippen LogP contribution in [-0.2, 0) is 7.05 Å². The first-order valence-electron chi connectivity index (χ1n) is 11.9. The maximum absolute atomic E-state index is 12.9. The fourth-order valence-electron chi connectivity index (χ4n) is 3.86. The minimum Gasteiger partial charge on any atom is -0.340 e. The lowest BCUT2D eigenvalue weighted by Gasteiger charge is -2.11. The van der Waals surface area contributed by atoms with Gasteiger partial charge in [0.1, 0.15) is 11.5 Å². The highest BCUT2D eigenvalue weighted by Crippen LogP contribution is 2.22.